The molecule has 0 atom stereocenters. The summed E-state index contributed by atoms with van der Waals surface area (Å²) in [5.41, 5.74) is 0. The van der Waals surface area contributed by atoms with E-state index in [1.807, 2.05) is 4.93 Å². The van der Waals surface area contributed by atoms with E-state index in [1.165, 1.54) is 0 Å². The molecule has 0 rings (SSSR count). The smallest absolute Gasteiger partial charge is 0.0121 e. The lowest BCUT2D eigenvalue weighted by Crippen LogP contribution is -0.798. The van der Waals surface area contributed by atoms with Crippen LogP contribution < -0.4 is 0 Å². The predicted molar refractivity (Wildman–Crippen MR) is 41.2 cm³/mol. The molecule has 0 radical (unpaired) electrons. The van der Waals surface area contributed by atoms with E-state index in [4.69, 9.17) is 0 Å². The van der Waals surface area contributed by atoms with Gasteiger partial charge in [-0.05, 0) is 4.93 Å². The molecule has 0 aliphatic rings. The van der Waals surface area contributed by atoms with Crippen molar-refractivity contribution < 1.29 is 0 Å². The van der Waals surface area contributed by atoms with Crippen molar-refractivity contribution in [2.75, 3.05) is 4.93 Å². The molecule has 0 saturated heterocycles. The van der Waals surface area contributed by atoms with Gasteiger partial charge in [-0.3, -0.25) is 0 Å². The van der Waals surface area contributed by atoms with E-state index in [2.05, 4.69) is 22.6 Å². The van der Waals surface area contributed by atoms with Gasteiger partial charge in [-0.1, -0.05) is 30.0 Å². The Morgan fingerprint density at radius 2 is 1.00 bits per heavy atom. The molecule has 38 valence electrons. The second-order valence-electron chi connectivity index (χ2n) is 0. The molecule has 3 heteroatoms. The summed E-state index contributed by atoms with van der Waals surface area (Å²) in [6.07, 6.45) is 0. The standard InChI is InChI=1S/CH3I.CH4.2ClH/c1-2;;;/h1H3;1H4;2*1H. The maximum atomic E-state index is 2.15. The van der Waals surface area contributed by atoms with Crippen molar-refractivity contribution in [3.05, 3.63) is 0 Å². The molecular formula is C2H9Cl2I. The highest BCUT2D eigenvalue weighted by atomic mass is 127. The van der Waals surface area contributed by atoms with Crippen LogP contribution in [-0.4, -0.2) is 4.93 Å². The van der Waals surface area contributed by atoms with E-state index in [0.29, 0.717) is 0 Å². The number of halogens is 3. The molecule has 0 bridgehead atoms. The topological polar surface area (TPSA) is 0 Å². The molecule has 0 N–H and O–H groups in total. The van der Waals surface area contributed by atoms with Crippen LogP contribution in [0.5, 0.6) is 0 Å². The molecular weight excluding hydrogens is 222 g/mol. The zero-order valence-corrected chi connectivity index (χ0v) is 5.98. The summed E-state index contributed by atoms with van der Waals surface area (Å²) in [7, 11) is 0. The molecule has 0 aliphatic heterocycles. The first kappa shape index (κ1) is 33.3. The third-order valence-corrected chi connectivity index (χ3v) is 0. The van der Waals surface area contributed by atoms with Crippen LogP contribution in [0.15, 0.2) is 0 Å². The van der Waals surface area contributed by atoms with Gasteiger partial charge in [0.15, 0.2) is 0 Å². The third-order valence-electron chi connectivity index (χ3n) is 0. The van der Waals surface area contributed by atoms with Gasteiger partial charge in [0.25, 0.3) is 0 Å². The van der Waals surface area contributed by atoms with E-state index >= 15 is 0 Å². The second kappa shape index (κ2) is 57.5. The van der Waals surface area contributed by atoms with Crippen molar-refractivity contribution >= 4 is 47.4 Å². The molecule has 0 unspecified atom stereocenters. The van der Waals surface area contributed by atoms with Crippen LogP contribution in [-0.2, 0) is 0 Å². The first-order valence-electron chi connectivity index (χ1n) is 0.378. The van der Waals surface area contributed by atoms with Crippen molar-refractivity contribution in [1.29, 1.82) is 0 Å². The van der Waals surface area contributed by atoms with E-state index in [9.17, 15) is 0 Å². The lowest BCUT2D eigenvalue weighted by Gasteiger charge is -1.05. The van der Waals surface area contributed by atoms with E-state index < -0.39 is 0 Å². The van der Waals surface area contributed by atoms with Crippen LogP contribution in [0.4, 0.5) is 0 Å². The number of rotatable bonds is 0. The maximum absolute atomic E-state index is 2.15. The van der Waals surface area contributed by atoms with Crippen LogP contribution in [0.3, 0.4) is 0 Å². The van der Waals surface area contributed by atoms with E-state index in [1.54, 1.807) is 0 Å². The lowest BCUT2D eigenvalue weighted by molar-refractivity contribution is 2.50. The summed E-state index contributed by atoms with van der Waals surface area (Å²) in [6, 6.07) is 0. The minimum atomic E-state index is 0. The van der Waals surface area contributed by atoms with Crippen molar-refractivity contribution in [2.24, 2.45) is 0 Å². The Hall–Kier alpha value is 1.31. The fraction of sp³-hybridized carbons (Fsp3) is 1.00. The predicted octanol–water partition coefficient (Wildman–Crippen LogP) is 2.53. The zero-order valence-electron chi connectivity index (χ0n) is 2.19. The van der Waals surface area contributed by atoms with Crippen molar-refractivity contribution in [2.45, 2.75) is 7.43 Å². The second-order valence-corrected chi connectivity index (χ2v) is 0. The fourth-order valence-corrected chi connectivity index (χ4v) is 0. The van der Waals surface area contributed by atoms with Gasteiger partial charge in [0, 0.05) is 0 Å². The van der Waals surface area contributed by atoms with Gasteiger partial charge in [-0.25, -0.2) is 0 Å². The minimum Gasteiger partial charge on any atom is -0.147 e. The molecule has 0 aliphatic carbocycles. The molecule has 0 aromatic carbocycles. The summed E-state index contributed by atoms with van der Waals surface area (Å²) < 4.78 is 0. The molecule has 0 aromatic heterocycles. The minimum absolute atomic E-state index is 0. The highest BCUT2D eigenvalue weighted by Crippen LogP contribution is 1.48. The van der Waals surface area contributed by atoms with Crippen LogP contribution in [0, 0.1) is 0 Å². The monoisotopic (exact) mass is 230 g/mol. The highest BCUT2D eigenvalue weighted by Gasteiger charge is 0.950. The average Bonchev–Trinajstić information content (AvgIpc) is 1.00. The van der Waals surface area contributed by atoms with Crippen molar-refractivity contribution in [3.63, 3.8) is 0 Å². The van der Waals surface area contributed by atoms with Crippen LogP contribution in [0.25, 0.3) is 0 Å². The zero-order chi connectivity index (χ0) is 2.00. The van der Waals surface area contributed by atoms with Gasteiger partial charge < -0.3 is 0 Å². The summed E-state index contributed by atoms with van der Waals surface area (Å²) in [4.78, 5) is 1.97. The van der Waals surface area contributed by atoms with E-state index in [-0.39, 0.29) is 32.2 Å². The van der Waals surface area contributed by atoms with Gasteiger partial charge in [0.1, 0.15) is 0 Å². The molecule has 0 saturated carbocycles. The molecule has 5 heavy (non-hydrogen) atoms. The highest BCUT2D eigenvalue weighted by molar-refractivity contribution is 14.1. The normalized spacial score (nSPS) is 1.20. The van der Waals surface area contributed by atoms with Crippen molar-refractivity contribution in [3.8, 4) is 0 Å². The Labute approximate surface area is 59.7 Å². The van der Waals surface area contributed by atoms with Crippen LogP contribution in [0.1, 0.15) is 7.43 Å². The molecule has 0 spiro atoms. The average molecular weight is 231 g/mol. The third kappa shape index (κ3) is 33.9. The van der Waals surface area contributed by atoms with Crippen molar-refractivity contribution in [1.82, 2.24) is 0 Å². The van der Waals surface area contributed by atoms with E-state index in [0.717, 1.165) is 0 Å². The fourth-order valence-electron chi connectivity index (χ4n) is 0. The Morgan fingerprint density at radius 3 is 1.00 bits per heavy atom. The number of hydrogen-bond acceptors (Lipinski definition) is 0. The molecule has 0 heterocycles. The summed E-state index contributed by atoms with van der Waals surface area (Å²) in [5, 5.41) is 0. The summed E-state index contributed by atoms with van der Waals surface area (Å²) in [5.74, 6) is 0. The van der Waals surface area contributed by atoms with Crippen LogP contribution >= 0.6 is 47.4 Å². The molecule has 0 nitrogen and oxygen atoms in total. The molecule has 0 fully saturated rings. The molecule has 0 aromatic rings. The maximum Gasteiger partial charge on any atom is -0.0121 e. The first-order chi connectivity index (χ1) is 1.00. The largest absolute Gasteiger partial charge is 0.147 e. The van der Waals surface area contributed by atoms with Gasteiger partial charge in [-0.2, -0.15) is 0 Å². The number of alkyl halides is 1. The quantitative estimate of drug-likeness (QED) is 0.443. The van der Waals surface area contributed by atoms with Crippen LogP contribution in [0.2, 0.25) is 0 Å². The first-order valence-corrected chi connectivity index (χ1v) is 2.54. The Morgan fingerprint density at radius 1 is 1.00 bits per heavy atom. The van der Waals surface area contributed by atoms with Gasteiger partial charge in [0.2, 0.25) is 0 Å². The van der Waals surface area contributed by atoms with Gasteiger partial charge in [-0.15, -0.1) is 24.8 Å². The summed E-state index contributed by atoms with van der Waals surface area (Å²) >= 11 is 2.15. The Balaban J connectivity index is -0.00000000167. The summed E-state index contributed by atoms with van der Waals surface area (Å²) in [6.45, 7) is 0. The lowest BCUT2D eigenvalue weighted by atomic mass is 12.0. The molecule has 0 amide bonds. The number of hydrogen-bond donors (Lipinski definition) is 0. The SMILES string of the molecule is C.CI.Cl.Cl. The van der Waals surface area contributed by atoms with Gasteiger partial charge >= 0.3 is 0 Å². The Kier molecular flexibility index (Phi) is 383. The Bertz CT molecular complexity index is 7.61. The van der Waals surface area contributed by atoms with Gasteiger partial charge in [0.05, 0.1) is 0 Å².